The molecule has 0 aliphatic carbocycles. The maximum atomic E-state index is 3.59. The van der Waals surface area contributed by atoms with E-state index in [-0.39, 0.29) is 0 Å². The second kappa shape index (κ2) is 5.86. The summed E-state index contributed by atoms with van der Waals surface area (Å²) in [6.07, 6.45) is 2.70. The highest BCUT2D eigenvalue weighted by Gasteiger charge is 2.24. The number of piperazine rings is 1. The lowest BCUT2D eigenvalue weighted by atomic mass is 10.0. The monoisotopic (exact) mass is 212 g/mol. The minimum Gasteiger partial charge on any atom is -0.309 e. The van der Waals surface area contributed by atoms with Gasteiger partial charge in [-0.2, -0.15) is 0 Å². The normalized spacial score (nSPS) is 30.8. The van der Waals surface area contributed by atoms with Gasteiger partial charge in [0.25, 0.3) is 0 Å². The molecule has 0 spiro atoms. The molecule has 1 heterocycles. The van der Waals surface area contributed by atoms with Crippen LogP contribution in [0.3, 0.4) is 0 Å². The zero-order valence-corrected chi connectivity index (χ0v) is 11.1. The van der Waals surface area contributed by atoms with Crippen molar-refractivity contribution in [1.82, 2.24) is 10.2 Å². The average Bonchev–Trinajstić information content (AvgIpc) is 2.12. The highest BCUT2D eigenvalue weighted by atomic mass is 15.2. The van der Waals surface area contributed by atoms with Crippen molar-refractivity contribution in [3.05, 3.63) is 0 Å². The minimum atomic E-state index is 0.648. The lowest BCUT2D eigenvalue weighted by Gasteiger charge is -2.40. The summed E-state index contributed by atoms with van der Waals surface area (Å²) in [5, 5.41) is 3.59. The minimum absolute atomic E-state index is 0.648. The SMILES string of the molecule is CC(C)CCC(C)N1CC(C)NC(C)C1. The Morgan fingerprint density at radius 1 is 1.07 bits per heavy atom. The Bertz CT molecular complexity index is 169. The van der Waals surface area contributed by atoms with Crippen molar-refractivity contribution >= 4 is 0 Å². The summed E-state index contributed by atoms with van der Waals surface area (Å²) in [6.45, 7) is 14.0. The lowest BCUT2D eigenvalue weighted by Crippen LogP contribution is -2.56. The molecule has 90 valence electrons. The van der Waals surface area contributed by atoms with E-state index in [0.29, 0.717) is 12.1 Å². The molecule has 1 saturated heterocycles. The lowest BCUT2D eigenvalue weighted by molar-refractivity contribution is 0.122. The standard InChI is InChI=1S/C13H28N2/c1-10(2)6-7-13(5)15-8-11(3)14-12(4)9-15/h10-14H,6-9H2,1-5H3. The zero-order valence-electron chi connectivity index (χ0n) is 11.1. The number of hydrogen-bond acceptors (Lipinski definition) is 2. The van der Waals surface area contributed by atoms with E-state index in [1.807, 2.05) is 0 Å². The average molecular weight is 212 g/mol. The van der Waals surface area contributed by atoms with Crippen molar-refractivity contribution in [1.29, 1.82) is 0 Å². The number of hydrogen-bond donors (Lipinski definition) is 1. The predicted molar refractivity (Wildman–Crippen MR) is 67.2 cm³/mol. The van der Waals surface area contributed by atoms with Crippen LogP contribution in [0.15, 0.2) is 0 Å². The Morgan fingerprint density at radius 3 is 2.07 bits per heavy atom. The fraction of sp³-hybridized carbons (Fsp3) is 1.00. The smallest absolute Gasteiger partial charge is 0.0169 e. The van der Waals surface area contributed by atoms with Gasteiger partial charge in [-0.1, -0.05) is 13.8 Å². The van der Waals surface area contributed by atoms with E-state index >= 15 is 0 Å². The van der Waals surface area contributed by atoms with Gasteiger partial charge in [0.1, 0.15) is 0 Å². The molecule has 0 saturated carbocycles. The first-order valence-electron chi connectivity index (χ1n) is 6.49. The molecule has 1 rings (SSSR count). The van der Waals surface area contributed by atoms with Crippen LogP contribution in [0, 0.1) is 5.92 Å². The van der Waals surface area contributed by atoms with E-state index in [1.54, 1.807) is 0 Å². The van der Waals surface area contributed by atoms with Crippen molar-refractivity contribution in [2.45, 2.75) is 65.6 Å². The molecule has 0 amide bonds. The predicted octanol–water partition coefficient (Wildman–Crippen LogP) is 2.49. The van der Waals surface area contributed by atoms with Crippen LogP contribution in [0.2, 0.25) is 0 Å². The topological polar surface area (TPSA) is 15.3 Å². The molecule has 0 aromatic rings. The van der Waals surface area contributed by atoms with Crippen LogP contribution in [0.5, 0.6) is 0 Å². The molecule has 1 aliphatic rings. The van der Waals surface area contributed by atoms with Gasteiger partial charge in [-0.15, -0.1) is 0 Å². The van der Waals surface area contributed by atoms with Gasteiger partial charge in [-0.25, -0.2) is 0 Å². The van der Waals surface area contributed by atoms with Crippen molar-refractivity contribution in [3.8, 4) is 0 Å². The molecule has 0 aromatic heterocycles. The maximum Gasteiger partial charge on any atom is 0.0169 e. The van der Waals surface area contributed by atoms with Gasteiger partial charge >= 0.3 is 0 Å². The van der Waals surface area contributed by atoms with Crippen LogP contribution in [-0.4, -0.2) is 36.1 Å². The van der Waals surface area contributed by atoms with Crippen LogP contribution in [0.1, 0.15) is 47.5 Å². The maximum absolute atomic E-state index is 3.59. The second-order valence-corrected chi connectivity index (χ2v) is 5.74. The van der Waals surface area contributed by atoms with E-state index in [1.165, 1.54) is 25.9 Å². The van der Waals surface area contributed by atoms with Gasteiger partial charge in [-0.05, 0) is 39.5 Å². The molecule has 3 unspecified atom stereocenters. The van der Waals surface area contributed by atoms with Crippen molar-refractivity contribution in [2.75, 3.05) is 13.1 Å². The van der Waals surface area contributed by atoms with Crippen LogP contribution in [-0.2, 0) is 0 Å². The summed E-state index contributed by atoms with van der Waals surface area (Å²) in [6, 6.07) is 2.05. The largest absolute Gasteiger partial charge is 0.309 e. The molecule has 3 atom stereocenters. The fourth-order valence-electron chi connectivity index (χ4n) is 2.49. The third-order valence-electron chi connectivity index (χ3n) is 3.37. The molecule has 2 heteroatoms. The van der Waals surface area contributed by atoms with Crippen molar-refractivity contribution < 1.29 is 0 Å². The van der Waals surface area contributed by atoms with Crippen LogP contribution in [0.25, 0.3) is 0 Å². The highest BCUT2D eigenvalue weighted by molar-refractivity contribution is 4.83. The van der Waals surface area contributed by atoms with E-state index in [9.17, 15) is 0 Å². The summed E-state index contributed by atoms with van der Waals surface area (Å²) in [5.41, 5.74) is 0. The molecule has 1 N–H and O–H groups in total. The molecular formula is C13H28N2. The number of nitrogens with zero attached hydrogens (tertiary/aromatic N) is 1. The van der Waals surface area contributed by atoms with Gasteiger partial charge in [-0.3, -0.25) is 4.90 Å². The molecule has 2 nitrogen and oxygen atoms in total. The molecule has 15 heavy (non-hydrogen) atoms. The van der Waals surface area contributed by atoms with Crippen molar-refractivity contribution in [3.63, 3.8) is 0 Å². The molecule has 0 radical (unpaired) electrons. The highest BCUT2D eigenvalue weighted by Crippen LogP contribution is 2.15. The first-order chi connectivity index (χ1) is 6.99. The Balaban J connectivity index is 2.34. The summed E-state index contributed by atoms with van der Waals surface area (Å²) < 4.78 is 0. The van der Waals surface area contributed by atoms with E-state index in [0.717, 1.165) is 12.0 Å². The first-order valence-corrected chi connectivity index (χ1v) is 6.49. The summed E-state index contributed by atoms with van der Waals surface area (Å²) in [7, 11) is 0. The van der Waals surface area contributed by atoms with Gasteiger partial charge in [0.2, 0.25) is 0 Å². The van der Waals surface area contributed by atoms with Gasteiger partial charge in [0.15, 0.2) is 0 Å². The van der Waals surface area contributed by atoms with Crippen molar-refractivity contribution in [2.24, 2.45) is 5.92 Å². The quantitative estimate of drug-likeness (QED) is 0.770. The summed E-state index contributed by atoms with van der Waals surface area (Å²) >= 11 is 0. The summed E-state index contributed by atoms with van der Waals surface area (Å²) in [5.74, 6) is 0.838. The molecule has 1 aliphatic heterocycles. The van der Waals surface area contributed by atoms with Gasteiger partial charge < -0.3 is 5.32 Å². The Hall–Kier alpha value is -0.0800. The van der Waals surface area contributed by atoms with Gasteiger partial charge in [0, 0.05) is 31.2 Å². The molecule has 0 aromatic carbocycles. The zero-order chi connectivity index (χ0) is 11.4. The Kier molecular flexibility index (Phi) is 5.07. The third kappa shape index (κ3) is 4.52. The Morgan fingerprint density at radius 2 is 1.60 bits per heavy atom. The number of nitrogens with one attached hydrogen (secondary N) is 1. The van der Waals surface area contributed by atoms with E-state index < -0.39 is 0 Å². The van der Waals surface area contributed by atoms with E-state index in [4.69, 9.17) is 0 Å². The molecule has 1 fully saturated rings. The number of rotatable bonds is 4. The first kappa shape index (κ1) is 13.0. The van der Waals surface area contributed by atoms with E-state index in [2.05, 4.69) is 44.8 Å². The van der Waals surface area contributed by atoms with Crippen LogP contribution >= 0.6 is 0 Å². The molecular weight excluding hydrogens is 184 g/mol. The fourth-order valence-corrected chi connectivity index (χ4v) is 2.49. The molecule has 0 bridgehead atoms. The van der Waals surface area contributed by atoms with Gasteiger partial charge in [0.05, 0.1) is 0 Å². The third-order valence-corrected chi connectivity index (χ3v) is 3.37. The van der Waals surface area contributed by atoms with Crippen LogP contribution < -0.4 is 5.32 Å². The Labute approximate surface area is 95.4 Å². The van der Waals surface area contributed by atoms with Crippen LogP contribution in [0.4, 0.5) is 0 Å². The summed E-state index contributed by atoms with van der Waals surface area (Å²) in [4.78, 5) is 2.65. The second-order valence-electron chi connectivity index (χ2n) is 5.74.